The fourth-order valence-electron chi connectivity index (χ4n) is 1.85. The van der Waals surface area contributed by atoms with Gasteiger partial charge in [0.1, 0.15) is 6.54 Å². The van der Waals surface area contributed by atoms with Gasteiger partial charge in [0.2, 0.25) is 0 Å². The lowest BCUT2D eigenvalue weighted by atomic mass is 10.1. The van der Waals surface area contributed by atoms with Crippen molar-refractivity contribution in [3.05, 3.63) is 56.4 Å². The van der Waals surface area contributed by atoms with Crippen LogP contribution in [0.5, 0.6) is 0 Å². The number of Topliss-reactive ketones (excluding diaryl/α,β-unsaturated/α-hetero) is 1. The van der Waals surface area contributed by atoms with Gasteiger partial charge in [0.05, 0.1) is 21.3 Å². The first-order chi connectivity index (χ1) is 9.40. The standard InChI is InChI=1S/C13H12ClN3O3/c1-8-13(14)9(2)16(15-8)7-12(18)10-4-3-5-11(6-10)17(19)20/h3-6H,7H2,1-2H3. The van der Waals surface area contributed by atoms with Crippen LogP contribution in [0.4, 0.5) is 5.69 Å². The number of aryl methyl sites for hydroxylation is 1. The van der Waals surface area contributed by atoms with E-state index in [9.17, 15) is 14.9 Å². The third-order valence-electron chi connectivity index (χ3n) is 2.97. The maximum atomic E-state index is 12.1. The second kappa shape index (κ2) is 5.42. The molecule has 0 aliphatic heterocycles. The van der Waals surface area contributed by atoms with E-state index in [0.29, 0.717) is 16.4 Å². The topological polar surface area (TPSA) is 78.0 Å². The van der Waals surface area contributed by atoms with Crippen LogP contribution in [0.25, 0.3) is 0 Å². The highest BCUT2D eigenvalue weighted by Gasteiger charge is 2.15. The Balaban J connectivity index is 2.26. The zero-order valence-corrected chi connectivity index (χ0v) is 11.7. The number of aromatic nitrogens is 2. The van der Waals surface area contributed by atoms with Gasteiger partial charge in [0, 0.05) is 17.7 Å². The van der Waals surface area contributed by atoms with Gasteiger partial charge in [-0.15, -0.1) is 0 Å². The van der Waals surface area contributed by atoms with Crippen LogP contribution in [0.1, 0.15) is 21.7 Å². The number of carbonyl (C=O) groups is 1. The van der Waals surface area contributed by atoms with E-state index in [4.69, 9.17) is 11.6 Å². The molecule has 0 saturated carbocycles. The number of hydrogen-bond acceptors (Lipinski definition) is 4. The van der Waals surface area contributed by atoms with Crippen LogP contribution in [0.15, 0.2) is 24.3 Å². The van der Waals surface area contributed by atoms with Crippen molar-refractivity contribution in [3.8, 4) is 0 Å². The van der Waals surface area contributed by atoms with Crippen LogP contribution < -0.4 is 0 Å². The van der Waals surface area contributed by atoms with Gasteiger partial charge in [-0.1, -0.05) is 23.7 Å². The number of halogens is 1. The molecule has 0 bridgehead atoms. The van der Waals surface area contributed by atoms with E-state index in [1.165, 1.54) is 22.9 Å². The molecule has 0 aliphatic carbocycles. The molecule has 0 N–H and O–H groups in total. The van der Waals surface area contributed by atoms with Gasteiger partial charge in [0.25, 0.3) is 5.69 Å². The monoisotopic (exact) mass is 293 g/mol. The van der Waals surface area contributed by atoms with Gasteiger partial charge < -0.3 is 0 Å². The summed E-state index contributed by atoms with van der Waals surface area (Å²) in [5.74, 6) is -0.254. The Hall–Kier alpha value is -2.21. The molecule has 0 amide bonds. The van der Waals surface area contributed by atoms with Crippen molar-refractivity contribution >= 4 is 23.1 Å². The van der Waals surface area contributed by atoms with Crippen LogP contribution in [0.2, 0.25) is 5.02 Å². The van der Waals surface area contributed by atoms with Crippen molar-refractivity contribution in [2.75, 3.05) is 0 Å². The molecule has 0 atom stereocenters. The minimum atomic E-state index is -0.531. The van der Waals surface area contributed by atoms with Crippen molar-refractivity contribution in [3.63, 3.8) is 0 Å². The maximum absolute atomic E-state index is 12.1. The molecule has 2 rings (SSSR count). The summed E-state index contributed by atoms with van der Waals surface area (Å²) >= 11 is 6.01. The van der Waals surface area contributed by atoms with Crippen molar-refractivity contribution in [2.45, 2.75) is 20.4 Å². The zero-order chi connectivity index (χ0) is 14.9. The average Bonchev–Trinajstić information content (AvgIpc) is 2.66. The highest BCUT2D eigenvalue weighted by Crippen LogP contribution is 2.20. The van der Waals surface area contributed by atoms with Crippen molar-refractivity contribution in [1.29, 1.82) is 0 Å². The third-order valence-corrected chi connectivity index (χ3v) is 3.51. The summed E-state index contributed by atoms with van der Waals surface area (Å²) in [7, 11) is 0. The summed E-state index contributed by atoms with van der Waals surface area (Å²) in [6.45, 7) is 3.52. The lowest BCUT2D eigenvalue weighted by Crippen LogP contribution is -2.13. The van der Waals surface area contributed by atoms with E-state index in [0.717, 1.165) is 0 Å². The minimum Gasteiger partial charge on any atom is -0.292 e. The predicted molar refractivity (Wildman–Crippen MR) is 74.1 cm³/mol. The first-order valence-corrected chi connectivity index (χ1v) is 6.25. The van der Waals surface area contributed by atoms with E-state index in [-0.39, 0.29) is 23.6 Å². The van der Waals surface area contributed by atoms with Gasteiger partial charge in [-0.25, -0.2) is 0 Å². The number of benzene rings is 1. The average molecular weight is 294 g/mol. The molecule has 104 valence electrons. The molecule has 0 unspecified atom stereocenters. The Morgan fingerprint density at radius 2 is 2.15 bits per heavy atom. The van der Waals surface area contributed by atoms with Crippen LogP contribution in [-0.4, -0.2) is 20.5 Å². The number of nitrogens with zero attached hydrogens (tertiary/aromatic N) is 3. The van der Waals surface area contributed by atoms with Gasteiger partial charge in [-0.05, 0) is 13.8 Å². The largest absolute Gasteiger partial charge is 0.292 e. The molecule has 1 heterocycles. The van der Waals surface area contributed by atoms with Crippen molar-refractivity contribution in [1.82, 2.24) is 9.78 Å². The SMILES string of the molecule is Cc1nn(CC(=O)c2cccc([N+](=O)[O-])c2)c(C)c1Cl. The fourth-order valence-corrected chi connectivity index (χ4v) is 1.98. The molecule has 6 nitrogen and oxygen atoms in total. The summed E-state index contributed by atoms with van der Waals surface area (Å²) in [6.07, 6.45) is 0. The zero-order valence-electron chi connectivity index (χ0n) is 11.0. The molecule has 0 fully saturated rings. The summed E-state index contributed by atoms with van der Waals surface area (Å²) < 4.78 is 1.50. The van der Waals surface area contributed by atoms with Gasteiger partial charge in [-0.3, -0.25) is 19.6 Å². The van der Waals surface area contributed by atoms with Crippen molar-refractivity contribution < 1.29 is 9.72 Å². The highest BCUT2D eigenvalue weighted by atomic mass is 35.5. The molecule has 1 aromatic heterocycles. The van der Waals surface area contributed by atoms with Gasteiger partial charge in [-0.2, -0.15) is 5.10 Å². The molecule has 1 aromatic carbocycles. The lowest BCUT2D eigenvalue weighted by molar-refractivity contribution is -0.384. The summed E-state index contributed by atoms with van der Waals surface area (Å²) in [5, 5.41) is 15.4. The summed E-state index contributed by atoms with van der Waals surface area (Å²) in [6, 6.07) is 5.63. The van der Waals surface area contributed by atoms with E-state index in [1.807, 2.05) is 0 Å². The first-order valence-electron chi connectivity index (χ1n) is 5.87. The number of nitro benzene ring substituents is 1. The smallest absolute Gasteiger partial charge is 0.270 e. The number of carbonyl (C=O) groups excluding carboxylic acids is 1. The number of non-ortho nitro benzene ring substituents is 1. The molecule has 0 radical (unpaired) electrons. The predicted octanol–water partition coefficient (Wildman–Crippen LogP) is 2.94. The number of nitro groups is 1. The quantitative estimate of drug-likeness (QED) is 0.493. The Labute approximate surface area is 120 Å². The lowest BCUT2D eigenvalue weighted by Gasteiger charge is -2.04. The van der Waals surface area contributed by atoms with Gasteiger partial charge >= 0.3 is 0 Å². The fraction of sp³-hybridized carbons (Fsp3) is 0.231. The Morgan fingerprint density at radius 1 is 1.45 bits per heavy atom. The van der Waals surface area contributed by atoms with Crippen LogP contribution in [-0.2, 0) is 6.54 Å². The van der Waals surface area contributed by atoms with Crippen molar-refractivity contribution in [2.24, 2.45) is 0 Å². The highest BCUT2D eigenvalue weighted by molar-refractivity contribution is 6.31. The van der Waals surface area contributed by atoms with Crippen LogP contribution in [0.3, 0.4) is 0 Å². The molecule has 0 spiro atoms. The second-order valence-electron chi connectivity index (χ2n) is 4.37. The van der Waals surface area contributed by atoms with Crippen LogP contribution >= 0.6 is 11.6 Å². The summed E-state index contributed by atoms with van der Waals surface area (Å²) in [5.41, 5.74) is 1.52. The number of hydrogen-bond donors (Lipinski definition) is 0. The van der Waals surface area contributed by atoms with E-state index < -0.39 is 4.92 Å². The molecule has 0 saturated heterocycles. The maximum Gasteiger partial charge on any atom is 0.270 e. The molecule has 0 aliphatic rings. The van der Waals surface area contributed by atoms with E-state index >= 15 is 0 Å². The minimum absolute atomic E-state index is 0.000557. The van der Waals surface area contributed by atoms with Crippen LogP contribution in [0, 0.1) is 24.0 Å². The molecular weight excluding hydrogens is 282 g/mol. The molecular formula is C13H12ClN3O3. The Bertz CT molecular complexity index is 694. The summed E-state index contributed by atoms with van der Waals surface area (Å²) in [4.78, 5) is 22.3. The van der Waals surface area contributed by atoms with E-state index in [1.54, 1.807) is 19.9 Å². The number of ketones is 1. The Morgan fingerprint density at radius 3 is 2.70 bits per heavy atom. The number of rotatable bonds is 4. The van der Waals surface area contributed by atoms with Gasteiger partial charge in [0.15, 0.2) is 5.78 Å². The molecule has 2 aromatic rings. The molecule has 7 heteroatoms. The molecule has 20 heavy (non-hydrogen) atoms. The normalized spacial score (nSPS) is 10.6. The third kappa shape index (κ3) is 2.70. The Kier molecular flexibility index (Phi) is 3.85. The first kappa shape index (κ1) is 14.2. The van der Waals surface area contributed by atoms with E-state index in [2.05, 4.69) is 5.10 Å². The second-order valence-corrected chi connectivity index (χ2v) is 4.75.